The smallest absolute Gasteiger partial charge is 0.282 e. The third kappa shape index (κ3) is 3.77. The molecule has 0 spiro atoms. The first-order valence-electron chi connectivity index (χ1n) is 10.3. The highest BCUT2D eigenvalue weighted by Crippen LogP contribution is 2.39. The zero-order chi connectivity index (χ0) is 22.0. The van der Waals surface area contributed by atoms with Crippen LogP contribution < -0.4 is 14.4 Å². The summed E-state index contributed by atoms with van der Waals surface area (Å²) in [5, 5.41) is 9.67. The Morgan fingerprint density at radius 3 is 2.42 bits per heavy atom. The van der Waals surface area contributed by atoms with Gasteiger partial charge in [0.25, 0.3) is 11.8 Å². The van der Waals surface area contributed by atoms with Gasteiger partial charge in [0.2, 0.25) is 0 Å². The zero-order valence-corrected chi connectivity index (χ0v) is 17.7. The van der Waals surface area contributed by atoms with Crippen molar-refractivity contribution in [2.75, 3.05) is 38.8 Å². The molecule has 7 heteroatoms. The molecule has 0 aliphatic carbocycles. The SMILES string of the molecule is COc1ccc(C2=C(N3CCCC(CO)C3)C(=O)N(c3ccccc3)C2=O)cc1OC. The highest BCUT2D eigenvalue weighted by molar-refractivity contribution is 6.45. The van der Waals surface area contributed by atoms with Crippen molar-refractivity contribution in [3.8, 4) is 11.5 Å². The number of imide groups is 1. The molecule has 4 rings (SSSR count). The van der Waals surface area contributed by atoms with Crippen molar-refractivity contribution >= 4 is 23.1 Å². The monoisotopic (exact) mass is 422 g/mol. The van der Waals surface area contributed by atoms with E-state index in [4.69, 9.17) is 9.47 Å². The molecule has 0 saturated carbocycles. The van der Waals surface area contributed by atoms with Gasteiger partial charge in [0.05, 0.1) is 25.5 Å². The molecule has 2 aliphatic heterocycles. The first-order chi connectivity index (χ1) is 15.1. The van der Waals surface area contributed by atoms with Crippen molar-refractivity contribution in [2.24, 2.45) is 5.92 Å². The van der Waals surface area contributed by atoms with Crippen molar-refractivity contribution in [2.45, 2.75) is 12.8 Å². The lowest BCUT2D eigenvalue weighted by molar-refractivity contribution is -0.120. The lowest BCUT2D eigenvalue weighted by atomic mass is 9.96. The quantitative estimate of drug-likeness (QED) is 0.721. The Labute approximate surface area is 181 Å². The number of rotatable bonds is 6. The fraction of sp³-hybridized carbons (Fsp3) is 0.333. The third-order valence-electron chi connectivity index (χ3n) is 5.84. The summed E-state index contributed by atoms with van der Waals surface area (Å²) < 4.78 is 10.7. The first-order valence-corrected chi connectivity index (χ1v) is 10.3. The topological polar surface area (TPSA) is 79.3 Å². The molecule has 0 aromatic heterocycles. The maximum absolute atomic E-state index is 13.6. The van der Waals surface area contributed by atoms with E-state index in [0.29, 0.717) is 47.1 Å². The number of para-hydroxylation sites is 1. The number of carbonyl (C=O) groups excluding carboxylic acids is 2. The minimum Gasteiger partial charge on any atom is -0.493 e. The van der Waals surface area contributed by atoms with Crippen LogP contribution in [0.1, 0.15) is 18.4 Å². The number of likely N-dealkylation sites (tertiary alicyclic amines) is 1. The van der Waals surface area contributed by atoms with Crippen molar-refractivity contribution in [3.63, 3.8) is 0 Å². The predicted molar refractivity (Wildman–Crippen MR) is 117 cm³/mol. The largest absolute Gasteiger partial charge is 0.493 e. The van der Waals surface area contributed by atoms with Gasteiger partial charge in [0.15, 0.2) is 11.5 Å². The van der Waals surface area contributed by atoms with E-state index >= 15 is 0 Å². The van der Waals surface area contributed by atoms with Crippen LogP contribution in [0.3, 0.4) is 0 Å². The first kappa shape index (κ1) is 20.9. The summed E-state index contributed by atoms with van der Waals surface area (Å²) >= 11 is 0. The molecule has 2 aromatic carbocycles. The molecular weight excluding hydrogens is 396 g/mol. The molecule has 2 heterocycles. The van der Waals surface area contributed by atoms with Gasteiger partial charge in [0, 0.05) is 19.7 Å². The predicted octanol–water partition coefficient (Wildman–Crippen LogP) is 2.69. The normalized spacial score (nSPS) is 19.3. The summed E-state index contributed by atoms with van der Waals surface area (Å²) in [6, 6.07) is 14.2. The summed E-state index contributed by atoms with van der Waals surface area (Å²) in [6.07, 6.45) is 1.75. The molecule has 2 aliphatic rings. The number of carbonyl (C=O) groups is 2. The summed E-state index contributed by atoms with van der Waals surface area (Å²) in [5.41, 5.74) is 1.84. The number of piperidine rings is 1. The van der Waals surface area contributed by atoms with E-state index in [1.165, 1.54) is 12.0 Å². The number of anilines is 1. The van der Waals surface area contributed by atoms with Crippen LogP contribution in [0.2, 0.25) is 0 Å². The fourth-order valence-corrected chi connectivity index (χ4v) is 4.29. The number of nitrogens with zero attached hydrogens (tertiary/aromatic N) is 2. The summed E-state index contributed by atoms with van der Waals surface area (Å²) in [7, 11) is 3.08. The summed E-state index contributed by atoms with van der Waals surface area (Å²) in [5.74, 6) is 0.381. The average molecular weight is 422 g/mol. The minimum absolute atomic E-state index is 0.0556. The van der Waals surface area contributed by atoms with E-state index in [1.54, 1.807) is 49.6 Å². The van der Waals surface area contributed by atoms with Gasteiger partial charge in [-0.15, -0.1) is 0 Å². The van der Waals surface area contributed by atoms with E-state index in [0.717, 1.165) is 12.8 Å². The molecule has 1 N–H and O–H groups in total. The molecule has 31 heavy (non-hydrogen) atoms. The van der Waals surface area contributed by atoms with Crippen LogP contribution >= 0.6 is 0 Å². The van der Waals surface area contributed by atoms with Gasteiger partial charge in [-0.2, -0.15) is 0 Å². The van der Waals surface area contributed by atoms with Crippen LogP contribution in [-0.4, -0.2) is 55.7 Å². The number of hydrogen-bond donors (Lipinski definition) is 1. The third-order valence-corrected chi connectivity index (χ3v) is 5.84. The van der Waals surface area contributed by atoms with Crippen molar-refractivity contribution < 1.29 is 24.2 Å². The Bertz CT molecular complexity index is 1020. The average Bonchev–Trinajstić information content (AvgIpc) is 3.08. The Morgan fingerprint density at radius 1 is 1.00 bits per heavy atom. The molecule has 2 aromatic rings. The van der Waals surface area contributed by atoms with Crippen molar-refractivity contribution in [1.29, 1.82) is 0 Å². The van der Waals surface area contributed by atoms with Gasteiger partial charge in [-0.1, -0.05) is 24.3 Å². The van der Waals surface area contributed by atoms with E-state index in [9.17, 15) is 14.7 Å². The molecule has 7 nitrogen and oxygen atoms in total. The Balaban J connectivity index is 1.84. The number of aliphatic hydroxyl groups is 1. The second kappa shape index (κ2) is 8.81. The fourth-order valence-electron chi connectivity index (χ4n) is 4.29. The number of amides is 2. The van der Waals surface area contributed by atoms with Gasteiger partial charge >= 0.3 is 0 Å². The molecule has 1 unspecified atom stereocenters. The van der Waals surface area contributed by atoms with Crippen LogP contribution in [-0.2, 0) is 9.59 Å². The van der Waals surface area contributed by atoms with E-state index < -0.39 is 0 Å². The molecule has 1 saturated heterocycles. The molecule has 0 bridgehead atoms. The van der Waals surface area contributed by atoms with Gasteiger partial charge in [0.1, 0.15) is 5.70 Å². The van der Waals surface area contributed by atoms with Gasteiger partial charge in [-0.3, -0.25) is 9.59 Å². The molecule has 0 radical (unpaired) electrons. The molecule has 1 atom stereocenters. The lowest BCUT2D eigenvalue weighted by Gasteiger charge is -2.34. The highest BCUT2D eigenvalue weighted by Gasteiger charge is 2.43. The van der Waals surface area contributed by atoms with Gasteiger partial charge < -0.3 is 19.5 Å². The molecule has 1 fully saturated rings. The second-order valence-corrected chi connectivity index (χ2v) is 7.71. The van der Waals surface area contributed by atoms with E-state index in [2.05, 4.69) is 0 Å². The lowest BCUT2D eigenvalue weighted by Crippen LogP contribution is -2.40. The van der Waals surface area contributed by atoms with Crippen LogP contribution in [0.4, 0.5) is 5.69 Å². The highest BCUT2D eigenvalue weighted by atomic mass is 16.5. The zero-order valence-electron chi connectivity index (χ0n) is 17.7. The van der Waals surface area contributed by atoms with Crippen LogP contribution in [0.25, 0.3) is 5.57 Å². The number of benzene rings is 2. The van der Waals surface area contributed by atoms with Crippen molar-refractivity contribution in [1.82, 2.24) is 4.90 Å². The molecular formula is C24H26N2O5. The maximum Gasteiger partial charge on any atom is 0.282 e. The standard InChI is InChI=1S/C24H26N2O5/c1-30-19-11-10-17(13-20(19)31-2)21-22(25-12-6-7-16(14-25)15-27)24(29)26(23(21)28)18-8-4-3-5-9-18/h3-5,8-11,13,16,27H,6-7,12,14-15H2,1-2H3. The molecule has 2 amide bonds. The maximum atomic E-state index is 13.6. The summed E-state index contributed by atoms with van der Waals surface area (Å²) in [4.78, 5) is 30.3. The number of ether oxygens (including phenoxy) is 2. The Kier molecular flexibility index (Phi) is 5.95. The van der Waals surface area contributed by atoms with E-state index in [-0.39, 0.29) is 24.3 Å². The second-order valence-electron chi connectivity index (χ2n) is 7.71. The van der Waals surface area contributed by atoms with Crippen LogP contribution in [0.15, 0.2) is 54.2 Å². The van der Waals surface area contributed by atoms with Gasteiger partial charge in [-0.05, 0) is 48.6 Å². The number of methoxy groups -OCH3 is 2. The minimum atomic E-state index is -0.371. The van der Waals surface area contributed by atoms with Crippen molar-refractivity contribution in [3.05, 3.63) is 59.8 Å². The number of hydrogen-bond acceptors (Lipinski definition) is 6. The molecule has 162 valence electrons. The van der Waals surface area contributed by atoms with Gasteiger partial charge in [-0.25, -0.2) is 4.90 Å². The van der Waals surface area contributed by atoms with E-state index in [1.807, 2.05) is 11.0 Å². The Morgan fingerprint density at radius 2 is 1.74 bits per heavy atom. The number of aliphatic hydroxyl groups excluding tert-OH is 1. The Hall–Kier alpha value is -3.32. The van der Waals surface area contributed by atoms with Crippen LogP contribution in [0, 0.1) is 5.92 Å². The van der Waals surface area contributed by atoms with Crippen LogP contribution in [0.5, 0.6) is 11.5 Å². The summed E-state index contributed by atoms with van der Waals surface area (Å²) in [6.45, 7) is 1.24.